The molecule has 0 saturated heterocycles. The van der Waals surface area contributed by atoms with Gasteiger partial charge in [0.25, 0.3) is 0 Å². The molecule has 68 valence electrons. The molecule has 1 aromatic carbocycles. The van der Waals surface area contributed by atoms with Crippen LogP contribution in [0.15, 0.2) is 30.5 Å². The molecule has 2 heteroatoms. The van der Waals surface area contributed by atoms with Crippen molar-refractivity contribution in [3.8, 4) is 5.75 Å². The lowest BCUT2D eigenvalue weighted by Gasteiger charge is -2.08. The van der Waals surface area contributed by atoms with E-state index in [2.05, 4.69) is 17.1 Å². The van der Waals surface area contributed by atoms with Crippen molar-refractivity contribution in [2.45, 2.75) is 20.0 Å². The van der Waals surface area contributed by atoms with Gasteiger partial charge in [0.15, 0.2) is 0 Å². The zero-order chi connectivity index (χ0) is 9.26. The minimum Gasteiger partial charge on any atom is -0.491 e. The van der Waals surface area contributed by atoms with Gasteiger partial charge >= 0.3 is 0 Å². The van der Waals surface area contributed by atoms with Crippen LogP contribution in [-0.2, 0) is 0 Å². The fourth-order valence-electron chi connectivity index (χ4n) is 1.37. The Bertz CT molecular complexity index is 403. The summed E-state index contributed by atoms with van der Waals surface area (Å²) in [5, 5.41) is 1.22. The van der Waals surface area contributed by atoms with Crippen LogP contribution in [0.4, 0.5) is 0 Å². The van der Waals surface area contributed by atoms with Crippen molar-refractivity contribution in [1.82, 2.24) is 4.98 Å². The van der Waals surface area contributed by atoms with Crippen molar-refractivity contribution in [3.05, 3.63) is 30.5 Å². The lowest BCUT2D eigenvalue weighted by Crippen LogP contribution is -2.05. The third-order valence-electron chi connectivity index (χ3n) is 1.90. The van der Waals surface area contributed by atoms with Crippen molar-refractivity contribution < 1.29 is 4.74 Å². The summed E-state index contributed by atoms with van der Waals surface area (Å²) in [6, 6.07) is 8.13. The number of hydrogen-bond acceptors (Lipinski definition) is 1. The van der Waals surface area contributed by atoms with Crippen LogP contribution in [0.25, 0.3) is 10.9 Å². The van der Waals surface area contributed by atoms with Crippen LogP contribution >= 0.6 is 0 Å². The molecule has 0 bridgehead atoms. The summed E-state index contributed by atoms with van der Waals surface area (Å²) < 4.78 is 5.57. The number of aromatic amines is 1. The summed E-state index contributed by atoms with van der Waals surface area (Å²) in [4.78, 5) is 3.15. The molecule has 1 aromatic heterocycles. The molecular formula is C11H13NO. The summed E-state index contributed by atoms with van der Waals surface area (Å²) >= 11 is 0. The smallest absolute Gasteiger partial charge is 0.121 e. The van der Waals surface area contributed by atoms with Crippen molar-refractivity contribution >= 4 is 10.9 Å². The minimum absolute atomic E-state index is 0.229. The fourth-order valence-corrected chi connectivity index (χ4v) is 1.37. The second-order valence-corrected chi connectivity index (χ2v) is 3.39. The molecule has 0 spiro atoms. The van der Waals surface area contributed by atoms with Gasteiger partial charge < -0.3 is 9.72 Å². The molecule has 0 radical (unpaired) electrons. The largest absolute Gasteiger partial charge is 0.491 e. The Hall–Kier alpha value is -1.44. The third-order valence-corrected chi connectivity index (χ3v) is 1.90. The van der Waals surface area contributed by atoms with Crippen LogP contribution in [0.3, 0.4) is 0 Å². The van der Waals surface area contributed by atoms with Gasteiger partial charge in [-0.2, -0.15) is 0 Å². The van der Waals surface area contributed by atoms with E-state index in [0.29, 0.717) is 0 Å². The Kier molecular flexibility index (Phi) is 1.97. The highest BCUT2D eigenvalue weighted by Crippen LogP contribution is 2.20. The molecule has 0 fully saturated rings. The SMILES string of the molecule is CC(C)Oc1ccc2cc[nH]c2c1. The van der Waals surface area contributed by atoms with E-state index < -0.39 is 0 Å². The first-order valence-corrected chi connectivity index (χ1v) is 4.49. The molecule has 2 rings (SSSR count). The Labute approximate surface area is 77.5 Å². The number of fused-ring (bicyclic) bond motifs is 1. The molecule has 0 amide bonds. The average molecular weight is 175 g/mol. The van der Waals surface area contributed by atoms with Gasteiger partial charge in [0.1, 0.15) is 5.75 Å². The average Bonchev–Trinajstić information content (AvgIpc) is 2.49. The molecular weight excluding hydrogens is 162 g/mol. The molecule has 0 aliphatic rings. The number of benzene rings is 1. The Morgan fingerprint density at radius 1 is 1.23 bits per heavy atom. The van der Waals surface area contributed by atoms with E-state index in [9.17, 15) is 0 Å². The highest BCUT2D eigenvalue weighted by atomic mass is 16.5. The van der Waals surface area contributed by atoms with Gasteiger partial charge in [-0.05, 0) is 37.4 Å². The summed E-state index contributed by atoms with van der Waals surface area (Å²) in [7, 11) is 0. The highest BCUT2D eigenvalue weighted by molar-refractivity contribution is 5.80. The van der Waals surface area contributed by atoms with Crippen LogP contribution < -0.4 is 4.74 Å². The maximum Gasteiger partial charge on any atom is 0.121 e. The normalized spacial score (nSPS) is 11.0. The summed E-state index contributed by atoms with van der Waals surface area (Å²) in [5.41, 5.74) is 1.12. The van der Waals surface area contributed by atoms with E-state index in [0.717, 1.165) is 11.3 Å². The molecule has 0 atom stereocenters. The topological polar surface area (TPSA) is 25.0 Å². The second-order valence-electron chi connectivity index (χ2n) is 3.39. The maximum atomic E-state index is 5.57. The lowest BCUT2D eigenvalue weighted by molar-refractivity contribution is 0.242. The van der Waals surface area contributed by atoms with Crippen molar-refractivity contribution in [2.24, 2.45) is 0 Å². The Morgan fingerprint density at radius 3 is 2.85 bits per heavy atom. The first kappa shape index (κ1) is 8.17. The van der Waals surface area contributed by atoms with Gasteiger partial charge in [0, 0.05) is 17.8 Å². The van der Waals surface area contributed by atoms with Gasteiger partial charge in [-0.3, -0.25) is 0 Å². The van der Waals surface area contributed by atoms with Gasteiger partial charge in [-0.1, -0.05) is 0 Å². The van der Waals surface area contributed by atoms with Crippen LogP contribution in [0.2, 0.25) is 0 Å². The van der Waals surface area contributed by atoms with Crippen LogP contribution in [0.5, 0.6) is 5.75 Å². The summed E-state index contributed by atoms with van der Waals surface area (Å²) in [6.07, 6.45) is 2.16. The van der Waals surface area contributed by atoms with Crippen molar-refractivity contribution in [2.75, 3.05) is 0 Å². The number of hydrogen-bond donors (Lipinski definition) is 1. The predicted molar refractivity (Wildman–Crippen MR) is 54.1 cm³/mol. The molecule has 1 N–H and O–H groups in total. The summed E-state index contributed by atoms with van der Waals surface area (Å²) in [5.74, 6) is 0.921. The van der Waals surface area contributed by atoms with Gasteiger partial charge in [0.05, 0.1) is 6.10 Å². The van der Waals surface area contributed by atoms with Crippen molar-refractivity contribution in [1.29, 1.82) is 0 Å². The zero-order valence-corrected chi connectivity index (χ0v) is 7.87. The third kappa shape index (κ3) is 1.66. The number of H-pyrrole nitrogens is 1. The molecule has 0 unspecified atom stereocenters. The fraction of sp³-hybridized carbons (Fsp3) is 0.273. The van der Waals surface area contributed by atoms with E-state index >= 15 is 0 Å². The van der Waals surface area contributed by atoms with Gasteiger partial charge in [-0.25, -0.2) is 0 Å². The second kappa shape index (κ2) is 3.13. The lowest BCUT2D eigenvalue weighted by atomic mass is 10.2. The minimum atomic E-state index is 0.229. The van der Waals surface area contributed by atoms with E-state index in [1.54, 1.807) is 0 Å². The molecule has 2 aromatic rings. The Morgan fingerprint density at radius 2 is 2.08 bits per heavy atom. The molecule has 1 heterocycles. The van der Waals surface area contributed by atoms with E-state index in [1.165, 1.54) is 5.39 Å². The zero-order valence-electron chi connectivity index (χ0n) is 7.87. The van der Waals surface area contributed by atoms with Crippen molar-refractivity contribution in [3.63, 3.8) is 0 Å². The first-order valence-electron chi connectivity index (χ1n) is 4.49. The van der Waals surface area contributed by atoms with Crippen LogP contribution in [0.1, 0.15) is 13.8 Å². The number of aromatic nitrogens is 1. The number of nitrogens with one attached hydrogen (secondary N) is 1. The van der Waals surface area contributed by atoms with Crippen LogP contribution in [-0.4, -0.2) is 11.1 Å². The Balaban J connectivity index is 2.37. The molecule has 0 aliphatic carbocycles. The molecule has 2 nitrogen and oxygen atoms in total. The van der Waals surface area contributed by atoms with Crippen LogP contribution in [0, 0.1) is 0 Å². The standard InChI is InChI=1S/C11H13NO/c1-8(2)13-10-4-3-9-5-6-12-11(9)7-10/h3-8,12H,1-2H3. The van der Waals surface area contributed by atoms with Gasteiger partial charge in [-0.15, -0.1) is 0 Å². The number of ether oxygens (including phenoxy) is 1. The highest BCUT2D eigenvalue weighted by Gasteiger charge is 1.99. The number of rotatable bonds is 2. The monoisotopic (exact) mass is 175 g/mol. The molecule has 13 heavy (non-hydrogen) atoms. The first-order chi connectivity index (χ1) is 6.25. The van der Waals surface area contributed by atoms with E-state index in [4.69, 9.17) is 4.74 Å². The van der Waals surface area contributed by atoms with E-state index in [1.807, 2.05) is 32.2 Å². The molecule has 0 aliphatic heterocycles. The predicted octanol–water partition coefficient (Wildman–Crippen LogP) is 2.96. The molecule has 0 saturated carbocycles. The van der Waals surface area contributed by atoms with E-state index in [-0.39, 0.29) is 6.10 Å². The maximum absolute atomic E-state index is 5.57. The summed E-state index contributed by atoms with van der Waals surface area (Å²) in [6.45, 7) is 4.05. The van der Waals surface area contributed by atoms with Gasteiger partial charge in [0.2, 0.25) is 0 Å². The quantitative estimate of drug-likeness (QED) is 0.745.